The predicted octanol–water partition coefficient (Wildman–Crippen LogP) is 5.88. The van der Waals surface area contributed by atoms with Gasteiger partial charge in [0, 0.05) is 46.2 Å². The van der Waals surface area contributed by atoms with Crippen LogP contribution in [-0.4, -0.2) is 10.4 Å². The number of hydrogen-bond acceptors (Lipinski definition) is 1. The Morgan fingerprint density at radius 2 is 1.52 bits per heavy atom. The van der Waals surface area contributed by atoms with Crippen LogP contribution in [0.15, 0.2) is 54.9 Å². The molecule has 0 aliphatic carbocycles. The molecule has 0 aliphatic rings. The average molecular weight is 365 g/mol. The van der Waals surface area contributed by atoms with Crippen molar-refractivity contribution in [2.75, 3.05) is 0 Å². The van der Waals surface area contributed by atoms with Crippen LogP contribution in [0.2, 0.25) is 15.1 Å². The molecule has 0 spiro atoms. The molecule has 0 N–H and O–H groups in total. The Morgan fingerprint density at radius 1 is 0.870 bits per heavy atom. The minimum Gasteiger partial charge on any atom is -0.356 e. The van der Waals surface area contributed by atoms with E-state index in [1.165, 1.54) is 0 Å². The standard InChI is InChI=1S/C18H12Cl3NO/c1-22-9-15(11-2-4-12(19)5-3-11)16(10-22)18(23)14-7-6-13(20)8-17(14)21/h2-10H,1H3. The van der Waals surface area contributed by atoms with E-state index >= 15 is 0 Å². The van der Waals surface area contributed by atoms with Gasteiger partial charge in [0.2, 0.25) is 0 Å². The molecular weight excluding hydrogens is 353 g/mol. The predicted molar refractivity (Wildman–Crippen MR) is 95.8 cm³/mol. The van der Waals surface area contributed by atoms with Gasteiger partial charge in [0.15, 0.2) is 5.78 Å². The number of aromatic nitrogens is 1. The van der Waals surface area contributed by atoms with Crippen LogP contribution < -0.4 is 0 Å². The number of hydrogen-bond donors (Lipinski definition) is 0. The smallest absolute Gasteiger partial charge is 0.196 e. The molecule has 0 unspecified atom stereocenters. The first-order valence-corrected chi connectivity index (χ1v) is 8.01. The van der Waals surface area contributed by atoms with Crippen molar-refractivity contribution in [2.24, 2.45) is 7.05 Å². The molecule has 3 rings (SSSR count). The molecule has 2 aromatic carbocycles. The highest BCUT2D eigenvalue weighted by Gasteiger charge is 2.19. The Labute approximate surface area is 149 Å². The molecule has 1 aromatic heterocycles. The fraction of sp³-hybridized carbons (Fsp3) is 0.0556. The van der Waals surface area contributed by atoms with Crippen LogP contribution in [0.4, 0.5) is 0 Å². The second kappa shape index (κ2) is 6.40. The van der Waals surface area contributed by atoms with Crippen molar-refractivity contribution >= 4 is 40.6 Å². The molecule has 116 valence electrons. The Bertz CT molecular complexity index is 882. The zero-order valence-electron chi connectivity index (χ0n) is 12.2. The van der Waals surface area contributed by atoms with Crippen LogP contribution in [-0.2, 0) is 7.05 Å². The van der Waals surface area contributed by atoms with E-state index in [0.717, 1.165) is 11.1 Å². The third-order valence-electron chi connectivity index (χ3n) is 3.53. The van der Waals surface area contributed by atoms with Crippen molar-refractivity contribution < 1.29 is 4.79 Å². The van der Waals surface area contributed by atoms with E-state index in [1.807, 2.05) is 29.9 Å². The summed E-state index contributed by atoms with van der Waals surface area (Å²) in [4.78, 5) is 12.9. The van der Waals surface area contributed by atoms with Gasteiger partial charge in [-0.15, -0.1) is 0 Å². The molecule has 0 aliphatic heterocycles. The molecule has 0 saturated heterocycles. The van der Waals surface area contributed by atoms with Crippen LogP contribution in [0, 0.1) is 0 Å². The monoisotopic (exact) mass is 363 g/mol. The van der Waals surface area contributed by atoms with Crippen molar-refractivity contribution in [3.8, 4) is 11.1 Å². The number of ketones is 1. The molecule has 0 atom stereocenters. The number of aryl methyl sites for hydroxylation is 1. The molecule has 2 nitrogen and oxygen atoms in total. The second-order valence-electron chi connectivity index (χ2n) is 5.21. The highest BCUT2D eigenvalue weighted by atomic mass is 35.5. The molecule has 0 bridgehead atoms. The highest BCUT2D eigenvalue weighted by molar-refractivity contribution is 6.37. The van der Waals surface area contributed by atoms with E-state index in [2.05, 4.69) is 0 Å². The fourth-order valence-electron chi connectivity index (χ4n) is 2.44. The summed E-state index contributed by atoms with van der Waals surface area (Å²) in [6.07, 6.45) is 3.69. The summed E-state index contributed by atoms with van der Waals surface area (Å²) in [5.41, 5.74) is 2.76. The largest absolute Gasteiger partial charge is 0.356 e. The molecule has 0 saturated carbocycles. The lowest BCUT2D eigenvalue weighted by molar-refractivity contribution is 0.103. The van der Waals surface area contributed by atoms with Gasteiger partial charge in [-0.2, -0.15) is 0 Å². The summed E-state index contributed by atoms with van der Waals surface area (Å²) >= 11 is 18.0. The summed E-state index contributed by atoms with van der Waals surface area (Å²) in [7, 11) is 1.87. The topological polar surface area (TPSA) is 22.0 Å². The van der Waals surface area contributed by atoms with Gasteiger partial charge in [-0.05, 0) is 35.9 Å². The number of benzene rings is 2. The van der Waals surface area contributed by atoms with Crippen LogP contribution in [0.3, 0.4) is 0 Å². The molecule has 3 aromatic rings. The number of nitrogens with zero attached hydrogens (tertiary/aromatic N) is 1. The first-order valence-electron chi connectivity index (χ1n) is 6.87. The van der Waals surface area contributed by atoms with Crippen molar-refractivity contribution in [3.63, 3.8) is 0 Å². The molecule has 0 fully saturated rings. The SMILES string of the molecule is Cn1cc(C(=O)c2ccc(Cl)cc2Cl)c(-c2ccc(Cl)cc2)c1. The van der Waals surface area contributed by atoms with Crippen LogP contribution in [0.5, 0.6) is 0 Å². The Balaban J connectivity index is 2.09. The van der Waals surface area contributed by atoms with Gasteiger partial charge in [-0.25, -0.2) is 0 Å². The van der Waals surface area contributed by atoms with E-state index in [0.29, 0.717) is 26.2 Å². The first-order chi connectivity index (χ1) is 11.0. The lowest BCUT2D eigenvalue weighted by atomic mass is 9.98. The number of rotatable bonds is 3. The lowest BCUT2D eigenvalue weighted by Crippen LogP contribution is -2.02. The average Bonchev–Trinajstić information content (AvgIpc) is 2.89. The van der Waals surface area contributed by atoms with E-state index in [-0.39, 0.29) is 5.78 Å². The summed E-state index contributed by atoms with van der Waals surface area (Å²) in [5, 5.41) is 1.49. The molecule has 0 radical (unpaired) electrons. The van der Waals surface area contributed by atoms with E-state index in [1.54, 1.807) is 36.5 Å². The third kappa shape index (κ3) is 3.30. The van der Waals surface area contributed by atoms with Crippen molar-refractivity contribution in [1.82, 2.24) is 4.57 Å². The molecule has 0 amide bonds. The Morgan fingerprint density at radius 3 is 2.17 bits per heavy atom. The first kappa shape index (κ1) is 16.1. The van der Waals surface area contributed by atoms with Crippen LogP contribution >= 0.6 is 34.8 Å². The maximum atomic E-state index is 12.9. The zero-order valence-corrected chi connectivity index (χ0v) is 14.5. The Kier molecular flexibility index (Phi) is 4.49. The van der Waals surface area contributed by atoms with Crippen LogP contribution in [0.25, 0.3) is 11.1 Å². The molecule has 5 heteroatoms. The minimum absolute atomic E-state index is 0.141. The minimum atomic E-state index is -0.141. The summed E-state index contributed by atoms with van der Waals surface area (Å²) < 4.78 is 1.85. The fourth-order valence-corrected chi connectivity index (χ4v) is 3.06. The summed E-state index contributed by atoms with van der Waals surface area (Å²) in [5.74, 6) is -0.141. The highest BCUT2D eigenvalue weighted by Crippen LogP contribution is 2.30. The van der Waals surface area contributed by atoms with E-state index < -0.39 is 0 Å². The molecule has 1 heterocycles. The quantitative estimate of drug-likeness (QED) is 0.532. The second-order valence-corrected chi connectivity index (χ2v) is 6.49. The van der Waals surface area contributed by atoms with Gasteiger partial charge < -0.3 is 4.57 Å². The zero-order chi connectivity index (χ0) is 16.6. The Hall–Kier alpha value is -1.74. The van der Waals surface area contributed by atoms with Gasteiger partial charge in [0.05, 0.1) is 5.02 Å². The molecular formula is C18H12Cl3NO. The van der Waals surface area contributed by atoms with Crippen LogP contribution in [0.1, 0.15) is 15.9 Å². The third-order valence-corrected chi connectivity index (χ3v) is 4.33. The summed E-state index contributed by atoms with van der Waals surface area (Å²) in [6, 6.07) is 12.2. The van der Waals surface area contributed by atoms with Gasteiger partial charge >= 0.3 is 0 Å². The van der Waals surface area contributed by atoms with E-state index in [4.69, 9.17) is 34.8 Å². The number of carbonyl (C=O) groups is 1. The van der Waals surface area contributed by atoms with E-state index in [9.17, 15) is 4.79 Å². The molecule has 23 heavy (non-hydrogen) atoms. The lowest BCUT2D eigenvalue weighted by Gasteiger charge is -2.06. The van der Waals surface area contributed by atoms with Crippen molar-refractivity contribution in [3.05, 3.63) is 81.1 Å². The van der Waals surface area contributed by atoms with Crippen molar-refractivity contribution in [1.29, 1.82) is 0 Å². The maximum absolute atomic E-state index is 12.9. The normalized spacial score (nSPS) is 10.8. The van der Waals surface area contributed by atoms with Gasteiger partial charge in [-0.1, -0.05) is 46.9 Å². The van der Waals surface area contributed by atoms with Gasteiger partial charge in [-0.3, -0.25) is 4.79 Å². The van der Waals surface area contributed by atoms with Gasteiger partial charge in [0.1, 0.15) is 0 Å². The number of halogens is 3. The summed E-state index contributed by atoms with van der Waals surface area (Å²) in [6.45, 7) is 0. The number of carbonyl (C=O) groups excluding carboxylic acids is 1. The van der Waals surface area contributed by atoms with Crippen molar-refractivity contribution in [2.45, 2.75) is 0 Å². The van der Waals surface area contributed by atoms with Gasteiger partial charge in [0.25, 0.3) is 0 Å². The maximum Gasteiger partial charge on any atom is 0.196 e.